The molecule has 6 nitrogen and oxygen atoms in total. The first kappa shape index (κ1) is 12.3. The molecule has 0 saturated heterocycles. The molecule has 0 spiro atoms. The summed E-state index contributed by atoms with van der Waals surface area (Å²) in [5, 5.41) is 19.2. The summed E-state index contributed by atoms with van der Waals surface area (Å²) in [5.74, 6) is -0.883. The monoisotopic (exact) mass is 246 g/mol. The fraction of sp³-hybridized carbons (Fsp3) is 0.250. The Kier molecular flexibility index (Phi) is 4.03. The summed E-state index contributed by atoms with van der Waals surface area (Å²) in [6, 6.07) is 9.95. The minimum Gasteiger partial charge on any atom is -0.480 e. The van der Waals surface area contributed by atoms with E-state index in [0.29, 0.717) is 13.1 Å². The molecule has 6 heteroatoms. The van der Waals surface area contributed by atoms with E-state index in [4.69, 9.17) is 5.11 Å². The van der Waals surface area contributed by atoms with E-state index in [1.807, 2.05) is 36.5 Å². The third kappa shape index (κ3) is 3.67. The van der Waals surface area contributed by atoms with Crippen molar-refractivity contribution < 1.29 is 9.90 Å². The van der Waals surface area contributed by atoms with E-state index in [2.05, 4.69) is 15.6 Å². The zero-order chi connectivity index (χ0) is 12.8. The van der Waals surface area contributed by atoms with Crippen LogP contribution in [0.4, 0.5) is 0 Å². The van der Waals surface area contributed by atoms with Gasteiger partial charge in [-0.2, -0.15) is 0 Å². The number of carbonyl (C=O) groups is 1. The van der Waals surface area contributed by atoms with E-state index < -0.39 is 5.97 Å². The molecular weight excluding hydrogens is 232 g/mol. The number of carboxylic acids is 1. The Labute approximate surface area is 104 Å². The van der Waals surface area contributed by atoms with Crippen LogP contribution in [0.3, 0.4) is 0 Å². The largest absolute Gasteiger partial charge is 0.480 e. The number of aliphatic carboxylic acids is 1. The highest BCUT2D eigenvalue weighted by molar-refractivity contribution is 5.68. The van der Waals surface area contributed by atoms with Crippen molar-refractivity contribution in [2.75, 3.05) is 6.54 Å². The fourth-order valence-corrected chi connectivity index (χ4v) is 1.56. The maximum Gasteiger partial charge on any atom is 0.317 e. The lowest BCUT2D eigenvalue weighted by atomic mass is 10.2. The van der Waals surface area contributed by atoms with Crippen LogP contribution in [0.5, 0.6) is 0 Å². The van der Waals surface area contributed by atoms with Gasteiger partial charge >= 0.3 is 5.97 Å². The van der Waals surface area contributed by atoms with Crippen molar-refractivity contribution in [2.24, 2.45) is 0 Å². The topological polar surface area (TPSA) is 80.0 Å². The summed E-state index contributed by atoms with van der Waals surface area (Å²) in [4.78, 5) is 10.3. The quantitative estimate of drug-likeness (QED) is 0.776. The number of hydrogen-bond acceptors (Lipinski definition) is 4. The van der Waals surface area contributed by atoms with Crippen LogP contribution >= 0.6 is 0 Å². The number of nitrogens with one attached hydrogen (secondary N) is 1. The number of nitrogens with zero attached hydrogens (tertiary/aromatic N) is 3. The third-order valence-corrected chi connectivity index (χ3v) is 2.36. The Balaban J connectivity index is 1.88. The van der Waals surface area contributed by atoms with Crippen LogP contribution in [-0.4, -0.2) is 32.6 Å². The first-order valence-corrected chi connectivity index (χ1v) is 5.59. The predicted molar refractivity (Wildman–Crippen MR) is 64.9 cm³/mol. The molecule has 1 aromatic carbocycles. The average molecular weight is 246 g/mol. The highest BCUT2D eigenvalue weighted by atomic mass is 16.4. The van der Waals surface area contributed by atoms with Crippen LogP contribution in [0.2, 0.25) is 0 Å². The van der Waals surface area contributed by atoms with Crippen molar-refractivity contribution in [1.82, 2.24) is 20.3 Å². The molecule has 18 heavy (non-hydrogen) atoms. The van der Waals surface area contributed by atoms with E-state index in [1.54, 1.807) is 4.68 Å². The van der Waals surface area contributed by atoms with Crippen LogP contribution in [0.25, 0.3) is 0 Å². The molecule has 2 N–H and O–H groups in total. The third-order valence-electron chi connectivity index (χ3n) is 2.36. The molecular formula is C12H14N4O2. The molecule has 0 aliphatic rings. The predicted octanol–water partition coefficient (Wildman–Crippen LogP) is 0.501. The lowest BCUT2D eigenvalue weighted by Gasteiger charge is -1.99. The molecule has 0 saturated carbocycles. The van der Waals surface area contributed by atoms with Gasteiger partial charge < -0.3 is 10.4 Å². The van der Waals surface area contributed by atoms with Crippen molar-refractivity contribution in [2.45, 2.75) is 13.1 Å². The van der Waals surface area contributed by atoms with E-state index >= 15 is 0 Å². The van der Waals surface area contributed by atoms with Crippen LogP contribution in [-0.2, 0) is 17.9 Å². The summed E-state index contributed by atoms with van der Waals surface area (Å²) < 4.78 is 1.73. The molecule has 2 aromatic rings. The minimum absolute atomic E-state index is 0.0778. The van der Waals surface area contributed by atoms with E-state index in [9.17, 15) is 4.79 Å². The Morgan fingerprint density at radius 2 is 2.11 bits per heavy atom. The molecule has 0 atom stereocenters. The van der Waals surface area contributed by atoms with Crippen molar-refractivity contribution in [3.8, 4) is 0 Å². The molecule has 0 unspecified atom stereocenters. The highest BCUT2D eigenvalue weighted by Crippen LogP contribution is 2.01. The Bertz CT molecular complexity index is 510. The molecule has 0 bridgehead atoms. The second kappa shape index (κ2) is 5.92. The van der Waals surface area contributed by atoms with E-state index in [-0.39, 0.29) is 6.54 Å². The van der Waals surface area contributed by atoms with Gasteiger partial charge in [-0.05, 0) is 5.56 Å². The first-order chi connectivity index (χ1) is 8.74. The molecule has 2 rings (SSSR count). The summed E-state index contributed by atoms with van der Waals surface area (Å²) >= 11 is 0. The Morgan fingerprint density at radius 1 is 1.33 bits per heavy atom. The lowest BCUT2D eigenvalue weighted by molar-refractivity contribution is -0.135. The molecule has 0 aliphatic carbocycles. The average Bonchev–Trinajstić information content (AvgIpc) is 2.78. The molecule has 0 aliphatic heterocycles. The van der Waals surface area contributed by atoms with Gasteiger partial charge in [-0.3, -0.25) is 4.79 Å². The maximum atomic E-state index is 10.3. The molecule has 1 heterocycles. The smallest absolute Gasteiger partial charge is 0.317 e. The molecule has 0 amide bonds. The number of rotatable bonds is 6. The van der Waals surface area contributed by atoms with Gasteiger partial charge in [-0.1, -0.05) is 35.5 Å². The van der Waals surface area contributed by atoms with Crippen molar-refractivity contribution in [1.29, 1.82) is 0 Å². The zero-order valence-corrected chi connectivity index (χ0v) is 9.78. The summed E-state index contributed by atoms with van der Waals surface area (Å²) in [6.07, 6.45) is 1.81. The van der Waals surface area contributed by atoms with Crippen LogP contribution in [0, 0.1) is 0 Å². The Morgan fingerprint density at radius 3 is 2.83 bits per heavy atom. The van der Waals surface area contributed by atoms with Gasteiger partial charge in [0.05, 0.1) is 25.0 Å². The van der Waals surface area contributed by atoms with Gasteiger partial charge in [-0.25, -0.2) is 4.68 Å². The van der Waals surface area contributed by atoms with Gasteiger partial charge in [0.2, 0.25) is 0 Å². The number of hydrogen-bond donors (Lipinski definition) is 2. The number of aromatic nitrogens is 3. The molecule has 0 fully saturated rings. The summed E-state index contributed by atoms with van der Waals surface area (Å²) in [5.41, 5.74) is 1.87. The van der Waals surface area contributed by atoms with Gasteiger partial charge in [0.25, 0.3) is 0 Å². The molecule has 1 aromatic heterocycles. The SMILES string of the molecule is O=C(O)CNCc1cn(Cc2ccccc2)nn1. The summed E-state index contributed by atoms with van der Waals surface area (Å²) in [6.45, 7) is 0.986. The molecule has 94 valence electrons. The van der Waals surface area contributed by atoms with Gasteiger partial charge in [-0.15, -0.1) is 5.10 Å². The van der Waals surface area contributed by atoms with Crippen LogP contribution < -0.4 is 5.32 Å². The van der Waals surface area contributed by atoms with Crippen molar-refractivity contribution in [3.63, 3.8) is 0 Å². The van der Waals surface area contributed by atoms with Crippen LogP contribution in [0.15, 0.2) is 36.5 Å². The Hall–Kier alpha value is -2.21. The van der Waals surface area contributed by atoms with Crippen molar-refractivity contribution in [3.05, 3.63) is 47.8 Å². The normalized spacial score (nSPS) is 10.4. The number of benzene rings is 1. The fourth-order valence-electron chi connectivity index (χ4n) is 1.56. The summed E-state index contributed by atoms with van der Waals surface area (Å²) in [7, 11) is 0. The van der Waals surface area contributed by atoms with Gasteiger partial charge in [0, 0.05) is 6.54 Å². The second-order valence-electron chi connectivity index (χ2n) is 3.89. The standard InChI is InChI=1S/C12H14N4O2/c17-12(18)7-13-6-11-9-16(15-14-11)8-10-4-2-1-3-5-10/h1-5,9,13H,6-8H2,(H,17,18). The van der Waals surface area contributed by atoms with Crippen LogP contribution in [0.1, 0.15) is 11.3 Å². The zero-order valence-electron chi connectivity index (χ0n) is 9.78. The molecule has 0 radical (unpaired) electrons. The minimum atomic E-state index is -0.883. The number of carboxylic acid groups (broad SMARTS) is 1. The highest BCUT2D eigenvalue weighted by Gasteiger charge is 2.02. The first-order valence-electron chi connectivity index (χ1n) is 5.59. The van der Waals surface area contributed by atoms with Gasteiger partial charge in [0.1, 0.15) is 0 Å². The lowest BCUT2D eigenvalue weighted by Crippen LogP contribution is -2.22. The van der Waals surface area contributed by atoms with E-state index in [0.717, 1.165) is 11.3 Å². The van der Waals surface area contributed by atoms with E-state index in [1.165, 1.54) is 0 Å². The van der Waals surface area contributed by atoms with Gasteiger partial charge in [0.15, 0.2) is 0 Å². The van der Waals surface area contributed by atoms with Crippen molar-refractivity contribution >= 4 is 5.97 Å². The second-order valence-corrected chi connectivity index (χ2v) is 3.89. The maximum absolute atomic E-state index is 10.3.